The normalized spacial score (nSPS) is 41.8. The van der Waals surface area contributed by atoms with E-state index in [0.29, 0.717) is 12.2 Å². The average molecular weight is 168 g/mol. The van der Waals surface area contributed by atoms with Crippen LogP contribution in [0.15, 0.2) is 0 Å². The molecule has 3 unspecified atom stereocenters. The summed E-state index contributed by atoms with van der Waals surface area (Å²) < 4.78 is 5.71. The third-order valence-corrected chi connectivity index (χ3v) is 3.43. The number of hydrogen-bond donors (Lipinski definition) is 0. The van der Waals surface area contributed by atoms with Crippen LogP contribution in [0.1, 0.15) is 46.0 Å². The van der Waals surface area contributed by atoms with Gasteiger partial charge in [0.2, 0.25) is 0 Å². The van der Waals surface area contributed by atoms with Crippen LogP contribution in [0.3, 0.4) is 0 Å². The molecule has 1 heterocycles. The van der Waals surface area contributed by atoms with Crippen LogP contribution in [0.25, 0.3) is 0 Å². The summed E-state index contributed by atoms with van der Waals surface area (Å²) in [4.78, 5) is 0. The van der Waals surface area contributed by atoms with Crippen LogP contribution in [0.5, 0.6) is 0 Å². The van der Waals surface area contributed by atoms with Crippen LogP contribution >= 0.6 is 0 Å². The number of fused-ring (bicyclic) bond motifs is 1. The van der Waals surface area contributed by atoms with Gasteiger partial charge >= 0.3 is 0 Å². The zero-order valence-electron chi connectivity index (χ0n) is 8.25. The highest BCUT2D eigenvalue weighted by Gasteiger charge is 2.45. The molecule has 0 bridgehead atoms. The lowest BCUT2D eigenvalue weighted by Crippen LogP contribution is -2.18. The van der Waals surface area contributed by atoms with Crippen LogP contribution in [-0.4, -0.2) is 12.2 Å². The summed E-state index contributed by atoms with van der Waals surface area (Å²) in [7, 11) is 0. The zero-order chi connectivity index (χ0) is 8.55. The lowest BCUT2D eigenvalue weighted by atomic mass is 9.84. The van der Waals surface area contributed by atoms with Gasteiger partial charge in [-0.25, -0.2) is 0 Å². The van der Waals surface area contributed by atoms with Crippen LogP contribution in [-0.2, 0) is 4.74 Å². The van der Waals surface area contributed by atoms with E-state index in [1.807, 2.05) is 0 Å². The van der Waals surface area contributed by atoms with Gasteiger partial charge in [-0.15, -0.1) is 0 Å². The molecule has 1 aliphatic carbocycles. The molecule has 0 N–H and O–H groups in total. The van der Waals surface area contributed by atoms with Gasteiger partial charge in [0.15, 0.2) is 0 Å². The minimum absolute atomic E-state index is 0.644. The van der Waals surface area contributed by atoms with Crippen molar-refractivity contribution < 1.29 is 4.74 Å². The van der Waals surface area contributed by atoms with Crippen LogP contribution in [0.2, 0.25) is 0 Å². The molecule has 0 amide bonds. The first-order valence-corrected chi connectivity index (χ1v) is 5.44. The van der Waals surface area contributed by atoms with Crippen molar-refractivity contribution in [1.82, 2.24) is 0 Å². The molecule has 70 valence electrons. The van der Waals surface area contributed by atoms with Crippen molar-refractivity contribution in [2.75, 3.05) is 0 Å². The molecule has 0 spiro atoms. The predicted octanol–water partition coefficient (Wildman–Crippen LogP) is 2.99. The van der Waals surface area contributed by atoms with E-state index in [2.05, 4.69) is 13.8 Å². The van der Waals surface area contributed by atoms with E-state index in [1.54, 1.807) is 0 Å². The minimum atomic E-state index is 0.644. The van der Waals surface area contributed by atoms with Crippen LogP contribution < -0.4 is 0 Å². The quantitative estimate of drug-likeness (QED) is 0.548. The van der Waals surface area contributed by atoms with Crippen LogP contribution in [0.4, 0.5) is 0 Å². The van der Waals surface area contributed by atoms with Gasteiger partial charge in [0.25, 0.3) is 0 Å². The van der Waals surface area contributed by atoms with E-state index < -0.39 is 0 Å². The number of ether oxygens (including phenoxy) is 1. The van der Waals surface area contributed by atoms with E-state index in [-0.39, 0.29) is 0 Å². The fraction of sp³-hybridized carbons (Fsp3) is 1.00. The van der Waals surface area contributed by atoms with Gasteiger partial charge in [-0.3, -0.25) is 0 Å². The van der Waals surface area contributed by atoms with Crippen molar-refractivity contribution in [3.63, 3.8) is 0 Å². The number of rotatable bonds is 1. The summed E-state index contributed by atoms with van der Waals surface area (Å²) in [5.74, 6) is 1.67. The van der Waals surface area contributed by atoms with Crippen molar-refractivity contribution in [2.45, 2.75) is 58.2 Å². The molecular formula is C11H20O. The summed E-state index contributed by atoms with van der Waals surface area (Å²) >= 11 is 0. The molecule has 2 fully saturated rings. The topological polar surface area (TPSA) is 12.5 Å². The summed E-state index contributed by atoms with van der Waals surface area (Å²) in [6, 6.07) is 0. The number of hydrogen-bond acceptors (Lipinski definition) is 1. The Morgan fingerprint density at radius 3 is 2.58 bits per heavy atom. The molecule has 2 aliphatic rings. The van der Waals surface area contributed by atoms with E-state index in [4.69, 9.17) is 4.74 Å². The average Bonchev–Trinajstić information content (AvgIpc) is 2.66. The van der Waals surface area contributed by atoms with Crippen molar-refractivity contribution in [3.05, 3.63) is 0 Å². The first-order chi connectivity index (χ1) is 5.79. The van der Waals surface area contributed by atoms with Gasteiger partial charge in [0.05, 0.1) is 12.2 Å². The maximum atomic E-state index is 5.71. The van der Waals surface area contributed by atoms with Gasteiger partial charge in [-0.2, -0.15) is 0 Å². The van der Waals surface area contributed by atoms with E-state index in [9.17, 15) is 0 Å². The smallest absolute Gasteiger partial charge is 0.0872 e. The SMILES string of the molecule is CC(C)C1CCCCCC2OC21. The maximum absolute atomic E-state index is 5.71. The Hall–Kier alpha value is -0.0400. The summed E-state index contributed by atoms with van der Waals surface area (Å²) in [6.07, 6.45) is 8.27. The molecule has 0 aromatic heterocycles. The summed E-state index contributed by atoms with van der Waals surface area (Å²) in [5, 5.41) is 0. The Balaban J connectivity index is 1.93. The Kier molecular flexibility index (Phi) is 2.40. The zero-order valence-corrected chi connectivity index (χ0v) is 8.25. The lowest BCUT2D eigenvalue weighted by molar-refractivity contribution is 0.253. The first-order valence-electron chi connectivity index (χ1n) is 5.44. The second-order valence-corrected chi connectivity index (χ2v) is 4.69. The highest BCUT2D eigenvalue weighted by molar-refractivity contribution is 4.92. The molecule has 1 nitrogen and oxygen atoms in total. The molecule has 1 saturated heterocycles. The second-order valence-electron chi connectivity index (χ2n) is 4.69. The summed E-state index contributed by atoms with van der Waals surface area (Å²) in [6.45, 7) is 4.68. The molecule has 0 aromatic rings. The lowest BCUT2D eigenvalue weighted by Gasteiger charge is -2.20. The molecule has 0 radical (unpaired) electrons. The molecule has 1 saturated carbocycles. The van der Waals surface area contributed by atoms with Gasteiger partial charge in [-0.05, 0) is 24.7 Å². The highest BCUT2D eigenvalue weighted by atomic mass is 16.6. The van der Waals surface area contributed by atoms with Crippen molar-refractivity contribution >= 4 is 0 Å². The molecule has 12 heavy (non-hydrogen) atoms. The van der Waals surface area contributed by atoms with Crippen molar-refractivity contribution in [1.29, 1.82) is 0 Å². The molecule has 1 aliphatic heterocycles. The van der Waals surface area contributed by atoms with Crippen molar-refractivity contribution in [3.8, 4) is 0 Å². The fourth-order valence-electron chi connectivity index (χ4n) is 2.54. The summed E-state index contributed by atoms with van der Waals surface area (Å²) in [5.41, 5.74) is 0. The first kappa shape index (κ1) is 8.55. The molecule has 2 rings (SSSR count). The standard InChI is InChI=1S/C11H20O/c1-8(2)9-6-4-3-5-7-10-11(9)12-10/h8-11H,3-7H2,1-2H3. The third kappa shape index (κ3) is 1.66. The predicted molar refractivity (Wildman–Crippen MR) is 50.1 cm³/mol. The number of epoxide rings is 1. The van der Waals surface area contributed by atoms with Gasteiger partial charge in [0.1, 0.15) is 0 Å². The van der Waals surface area contributed by atoms with Crippen molar-refractivity contribution in [2.24, 2.45) is 11.8 Å². The Morgan fingerprint density at radius 2 is 1.83 bits per heavy atom. The Bertz CT molecular complexity index is 153. The van der Waals surface area contributed by atoms with E-state index in [1.165, 1.54) is 32.1 Å². The highest BCUT2D eigenvalue weighted by Crippen LogP contribution is 2.41. The van der Waals surface area contributed by atoms with Crippen LogP contribution in [0, 0.1) is 11.8 Å². The molecule has 0 aromatic carbocycles. The third-order valence-electron chi connectivity index (χ3n) is 3.43. The fourth-order valence-corrected chi connectivity index (χ4v) is 2.54. The monoisotopic (exact) mass is 168 g/mol. The Morgan fingerprint density at radius 1 is 1.08 bits per heavy atom. The molecular weight excluding hydrogens is 148 g/mol. The molecule has 1 heteroatoms. The molecule has 3 atom stereocenters. The second kappa shape index (κ2) is 3.37. The van der Waals surface area contributed by atoms with Gasteiger partial charge in [-0.1, -0.05) is 33.1 Å². The largest absolute Gasteiger partial charge is 0.369 e. The Labute approximate surface area is 75.5 Å². The van der Waals surface area contributed by atoms with E-state index >= 15 is 0 Å². The maximum Gasteiger partial charge on any atom is 0.0872 e. The van der Waals surface area contributed by atoms with Gasteiger partial charge in [0, 0.05) is 0 Å². The minimum Gasteiger partial charge on any atom is -0.369 e. The van der Waals surface area contributed by atoms with E-state index in [0.717, 1.165) is 11.8 Å². The van der Waals surface area contributed by atoms with Gasteiger partial charge < -0.3 is 4.74 Å².